The molecule has 0 bridgehead atoms. The molecule has 29 heavy (non-hydrogen) atoms. The second kappa shape index (κ2) is 8.37. The Labute approximate surface area is 174 Å². The predicted octanol–water partition coefficient (Wildman–Crippen LogP) is 4.29. The first-order valence-corrected chi connectivity index (χ1v) is 10.4. The number of carbonyl (C=O) groups excluding carboxylic acids is 1. The lowest BCUT2D eigenvalue weighted by atomic mass is 10.1. The highest BCUT2D eigenvalue weighted by Crippen LogP contribution is 2.31. The highest BCUT2D eigenvalue weighted by Gasteiger charge is 2.26. The molecule has 3 aromatic rings. The van der Waals surface area contributed by atoms with E-state index < -0.39 is 0 Å². The van der Waals surface area contributed by atoms with Gasteiger partial charge in [0.1, 0.15) is 6.54 Å². The van der Waals surface area contributed by atoms with Gasteiger partial charge in [0.15, 0.2) is 11.6 Å². The summed E-state index contributed by atoms with van der Waals surface area (Å²) in [5, 5.41) is 5.14. The topological polar surface area (TPSA) is 56.9 Å². The number of nitrogens with zero attached hydrogens (tertiary/aromatic N) is 3. The lowest BCUT2D eigenvalue weighted by molar-refractivity contribution is -0.119. The maximum absolute atomic E-state index is 12.9. The molecule has 1 fully saturated rings. The standard InChI is InChI=1S/C23H24ClN3O2/c1-16-3-2-4-17(13-16)7-12-21(28)15-27-23(29)26(14-18-5-6-18)22(25-27)19-8-10-20(24)11-9-19/h2-4,8-11,13,18H,5-7,12,14-15H2,1H3. The van der Waals surface area contributed by atoms with Crippen molar-refractivity contribution in [2.45, 2.75) is 45.7 Å². The number of benzene rings is 2. The Hall–Kier alpha value is -2.66. The Morgan fingerprint density at radius 3 is 2.62 bits per heavy atom. The van der Waals surface area contributed by atoms with E-state index in [-0.39, 0.29) is 18.0 Å². The molecule has 0 aliphatic heterocycles. The first-order valence-electron chi connectivity index (χ1n) is 10.0. The number of halogens is 1. The van der Waals surface area contributed by atoms with E-state index in [1.807, 2.05) is 37.3 Å². The van der Waals surface area contributed by atoms with Gasteiger partial charge in [0.25, 0.3) is 0 Å². The summed E-state index contributed by atoms with van der Waals surface area (Å²) >= 11 is 5.99. The lowest BCUT2D eigenvalue weighted by Crippen LogP contribution is -2.28. The van der Waals surface area contributed by atoms with Crippen molar-refractivity contribution < 1.29 is 4.79 Å². The molecule has 0 spiro atoms. The van der Waals surface area contributed by atoms with Crippen molar-refractivity contribution in [2.24, 2.45) is 5.92 Å². The molecule has 0 saturated heterocycles. The van der Waals surface area contributed by atoms with Crippen LogP contribution in [0, 0.1) is 12.8 Å². The minimum absolute atomic E-state index is 0.00288. The minimum atomic E-state index is -0.217. The van der Waals surface area contributed by atoms with Gasteiger partial charge in [-0.3, -0.25) is 9.36 Å². The summed E-state index contributed by atoms with van der Waals surface area (Å²) in [7, 11) is 0. The van der Waals surface area contributed by atoms with Gasteiger partial charge < -0.3 is 0 Å². The third-order valence-corrected chi connectivity index (χ3v) is 5.52. The van der Waals surface area contributed by atoms with Gasteiger partial charge in [0.2, 0.25) is 0 Å². The Balaban J connectivity index is 1.52. The molecular formula is C23H24ClN3O2. The molecule has 4 rings (SSSR count). The van der Waals surface area contributed by atoms with Crippen LogP contribution in [0.15, 0.2) is 53.3 Å². The molecule has 1 heterocycles. The fourth-order valence-corrected chi connectivity index (χ4v) is 3.60. The molecule has 1 aromatic heterocycles. The molecule has 5 nitrogen and oxygen atoms in total. The second-order valence-corrected chi connectivity index (χ2v) is 8.29. The predicted molar refractivity (Wildman–Crippen MR) is 114 cm³/mol. The van der Waals surface area contributed by atoms with E-state index in [0.717, 1.165) is 24.0 Å². The quantitative estimate of drug-likeness (QED) is 0.557. The normalized spacial score (nSPS) is 13.6. The molecule has 6 heteroatoms. The van der Waals surface area contributed by atoms with Crippen LogP contribution in [-0.2, 0) is 24.3 Å². The summed E-state index contributed by atoms with van der Waals surface area (Å²) in [4.78, 5) is 25.5. The third kappa shape index (κ3) is 4.85. The van der Waals surface area contributed by atoms with E-state index in [4.69, 9.17) is 11.6 Å². The zero-order valence-corrected chi connectivity index (χ0v) is 17.2. The fraction of sp³-hybridized carbons (Fsp3) is 0.348. The van der Waals surface area contributed by atoms with Crippen LogP contribution >= 0.6 is 11.6 Å². The van der Waals surface area contributed by atoms with Crippen LogP contribution in [0.5, 0.6) is 0 Å². The maximum atomic E-state index is 12.9. The average molecular weight is 410 g/mol. The van der Waals surface area contributed by atoms with Crippen LogP contribution in [0.25, 0.3) is 11.4 Å². The van der Waals surface area contributed by atoms with Gasteiger partial charge in [-0.1, -0.05) is 41.4 Å². The minimum Gasteiger partial charge on any atom is -0.298 e. The van der Waals surface area contributed by atoms with E-state index in [2.05, 4.69) is 11.2 Å². The van der Waals surface area contributed by atoms with Gasteiger partial charge in [-0.15, -0.1) is 5.10 Å². The molecule has 0 unspecified atom stereocenters. The average Bonchev–Trinajstić information content (AvgIpc) is 3.47. The van der Waals surface area contributed by atoms with Crippen LogP contribution in [0.2, 0.25) is 5.02 Å². The number of Topliss-reactive ketones (excluding diaryl/α,β-unsaturated/α-hetero) is 1. The second-order valence-electron chi connectivity index (χ2n) is 7.85. The molecule has 1 aliphatic rings. The molecule has 150 valence electrons. The summed E-state index contributed by atoms with van der Waals surface area (Å²) in [6.07, 6.45) is 3.32. The first-order chi connectivity index (χ1) is 14.0. The molecule has 1 aliphatic carbocycles. The van der Waals surface area contributed by atoms with Gasteiger partial charge in [0.05, 0.1) is 0 Å². The number of rotatable bonds is 8. The molecule has 1 saturated carbocycles. The zero-order chi connectivity index (χ0) is 20.4. The largest absolute Gasteiger partial charge is 0.346 e. The van der Waals surface area contributed by atoms with Crippen molar-refractivity contribution in [3.8, 4) is 11.4 Å². The van der Waals surface area contributed by atoms with E-state index in [1.165, 1.54) is 10.2 Å². The molecular weight excluding hydrogens is 386 g/mol. The number of hydrogen-bond donors (Lipinski definition) is 0. The molecule has 0 amide bonds. The van der Waals surface area contributed by atoms with Gasteiger partial charge in [-0.25, -0.2) is 9.48 Å². The monoisotopic (exact) mass is 409 g/mol. The molecule has 0 atom stereocenters. The van der Waals surface area contributed by atoms with Crippen LogP contribution in [0.1, 0.15) is 30.4 Å². The maximum Gasteiger partial charge on any atom is 0.346 e. The highest BCUT2D eigenvalue weighted by molar-refractivity contribution is 6.30. The van der Waals surface area contributed by atoms with E-state index in [1.54, 1.807) is 16.7 Å². The Kier molecular flexibility index (Phi) is 5.67. The first kappa shape index (κ1) is 19.6. The van der Waals surface area contributed by atoms with Crippen molar-refractivity contribution in [2.75, 3.05) is 0 Å². The molecule has 0 radical (unpaired) electrons. The van der Waals surface area contributed by atoms with E-state index in [0.29, 0.717) is 36.2 Å². The summed E-state index contributed by atoms with van der Waals surface area (Å²) in [6, 6.07) is 15.4. The number of hydrogen-bond acceptors (Lipinski definition) is 3. The summed E-state index contributed by atoms with van der Waals surface area (Å²) in [5.74, 6) is 1.13. The van der Waals surface area contributed by atoms with Crippen molar-refractivity contribution in [1.29, 1.82) is 0 Å². The van der Waals surface area contributed by atoms with E-state index >= 15 is 0 Å². The highest BCUT2D eigenvalue weighted by atomic mass is 35.5. The Morgan fingerprint density at radius 2 is 1.93 bits per heavy atom. The van der Waals surface area contributed by atoms with Crippen LogP contribution < -0.4 is 5.69 Å². The summed E-state index contributed by atoms with van der Waals surface area (Å²) in [6.45, 7) is 2.69. The Bertz CT molecular complexity index is 1080. The summed E-state index contributed by atoms with van der Waals surface area (Å²) in [5.41, 5.74) is 2.92. The third-order valence-electron chi connectivity index (χ3n) is 5.26. The zero-order valence-electron chi connectivity index (χ0n) is 16.5. The van der Waals surface area contributed by atoms with Crippen LogP contribution in [0.3, 0.4) is 0 Å². The SMILES string of the molecule is Cc1cccc(CCC(=O)Cn2nc(-c3ccc(Cl)cc3)n(CC3CC3)c2=O)c1. The number of aromatic nitrogens is 3. The van der Waals surface area contributed by atoms with Gasteiger partial charge in [0, 0.05) is 23.6 Å². The van der Waals surface area contributed by atoms with Crippen molar-refractivity contribution >= 4 is 17.4 Å². The van der Waals surface area contributed by atoms with Crippen molar-refractivity contribution in [3.63, 3.8) is 0 Å². The molecule has 2 aromatic carbocycles. The fourth-order valence-electron chi connectivity index (χ4n) is 3.48. The number of ketones is 1. The smallest absolute Gasteiger partial charge is 0.298 e. The lowest BCUT2D eigenvalue weighted by Gasteiger charge is -2.04. The molecule has 0 N–H and O–H groups in total. The van der Waals surface area contributed by atoms with E-state index in [9.17, 15) is 9.59 Å². The number of carbonyl (C=O) groups is 1. The Morgan fingerprint density at radius 1 is 1.17 bits per heavy atom. The van der Waals surface area contributed by atoms with Gasteiger partial charge in [-0.05, 0) is 61.9 Å². The van der Waals surface area contributed by atoms with Crippen molar-refractivity contribution in [1.82, 2.24) is 14.3 Å². The van der Waals surface area contributed by atoms with Gasteiger partial charge in [-0.2, -0.15) is 0 Å². The summed E-state index contributed by atoms with van der Waals surface area (Å²) < 4.78 is 3.01. The number of aryl methyl sites for hydroxylation is 2. The van der Waals surface area contributed by atoms with Crippen LogP contribution in [-0.4, -0.2) is 20.1 Å². The van der Waals surface area contributed by atoms with Gasteiger partial charge >= 0.3 is 5.69 Å². The van der Waals surface area contributed by atoms with Crippen LogP contribution in [0.4, 0.5) is 0 Å². The van der Waals surface area contributed by atoms with Crippen molar-refractivity contribution in [3.05, 3.63) is 75.2 Å².